The SMILES string of the molecule is CC(Oc1c(Cl)cccc1CO)C(=O)N(C)C. The van der Waals surface area contributed by atoms with E-state index in [1.807, 2.05) is 0 Å². The van der Waals surface area contributed by atoms with Gasteiger partial charge in [0.2, 0.25) is 0 Å². The average molecular weight is 258 g/mol. The van der Waals surface area contributed by atoms with Gasteiger partial charge in [0.25, 0.3) is 5.91 Å². The number of carbonyl (C=O) groups excluding carboxylic acids is 1. The van der Waals surface area contributed by atoms with Crippen molar-refractivity contribution in [1.29, 1.82) is 0 Å². The van der Waals surface area contributed by atoms with Gasteiger partial charge in [0, 0.05) is 19.7 Å². The van der Waals surface area contributed by atoms with Crippen molar-refractivity contribution >= 4 is 17.5 Å². The fourth-order valence-electron chi connectivity index (χ4n) is 1.40. The predicted molar refractivity (Wildman–Crippen MR) is 66.2 cm³/mol. The molecule has 0 radical (unpaired) electrons. The zero-order chi connectivity index (χ0) is 13.0. The standard InChI is InChI=1S/C12H16ClNO3/c1-8(12(16)14(2)3)17-11-9(7-15)5-4-6-10(11)13/h4-6,8,15H,7H2,1-3H3. The minimum absolute atomic E-state index is 0.159. The topological polar surface area (TPSA) is 49.8 Å². The highest BCUT2D eigenvalue weighted by atomic mass is 35.5. The summed E-state index contributed by atoms with van der Waals surface area (Å²) < 4.78 is 5.51. The molecule has 1 N–H and O–H groups in total. The van der Waals surface area contributed by atoms with Gasteiger partial charge < -0.3 is 14.7 Å². The first kappa shape index (κ1) is 13.8. The number of likely N-dealkylation sites (N-methyl/N-ethyl adjacent to an activating group) is 1. The fraction of sp³-hybridized carbons (Fsp3) is 0.417. The molecule has 0 aromatic heterocycles. The molecule has 0 aliphatic heterocycles. The number of benzene rings is 1. The molecule has 0 saturated carbocycles. The van der Waals surface area contributed by atoms with Crippen LogP contribution < -0.4 is 4.74 Å². The second kappa shape index (κ2) is 5.89. The summed E-state index contributed by atoms with van der Waals surface area (Å²) in [5.41, 5.74) is 0.566. The Labute approximate surface area is 106 Å². The molecule has 1 atom stereocenters. The number of aliphatic hydroxyl groups is 1. The molecule has 0 spiro atoms. The van der Waals surface area contributed by atoms with Crippen LogP contribution in [-0.4, -0.2) is 36.1 Å². The van der Waals surface area contributed by atoms with E-state index in [1.165, 1.54) is 4.90 Å². The molecule has 1 aromatic rings. The Bertz CT molecular complexity index is 407. The summed E-state index contributed by atoms with van der Waals surface area (Å²) in [6, 6.07) is 5.08. The number of hydrogen-bond donors (Lipinski definition) is 1. The van der Waals surface area contributed by atoms with E-state index in [4.69, 9.17) is 21.4 Å². The molecule has 17 heavy (non-hydrogen) atoms. The molecule has 0 heterocycles. The number of para-hydroxylation sites is 1. The summed E-state index contributed by atoms with van der Waals surface area (Å²) in [5.74, 6) is 0.202. The summed E-state index contributed by atoms with van der Waals surface area (Å²) in [4.78, 5) is 13.1. The maximum atomic E-state index is 11.7. The number of ether oxygens (including phenoxy) is 1. The van der Waals surface area contributed by atoms with Crippen molar-refractivity contribution in [2.45, 2.75) is 19.6 Å². The summed E-state index contributed by atoms with van der Waals surface area (Å²) in [7, 11) is 3.31. The number of amides is 1. The number of aliphatic hydroxyl groups excluding tert-OH is 1. The Hall–Kier alpha value is -1.26. The Morgan fingerprint density at radius 1 is 1.53 bits per heavy atom. The quantitative estimate of drug-likeness (QED) is 0.893. The van der Waals surface area contributed by atoms with Crippen LogP contribution in [0.4, 0.5) is 0 Å². The predicted octanol–water partition coefficient (Wildman–Crippen LogP) is 1.69. The number of hydrogen-bond acceptors (Lipinski definition) is 3. The first-order valence-electron chi connectivity index (χ1n) is 5.23. The third-order valence-corrected chi connectivity index (χ3v) is 2.60. The number of carbonyl (C=O) groups is 1. The lowest BCUT2D eigenvalue weighted by atomic mass is 10.2. The van der Waals surface area contributed by atoms with Gasteiger partial charge in [-0.15, -0.1) is 0 Å². The highest BCUT2D eigenvalue weighted by molar-refractivity contribution is 6.32. The van der Waals surface area contributed by atoms with Crippen LogP contribution in [0.5, 0.6) is 5.75 Å². The van der Waals surface area contributed by atoms with Gasteiger partial charge in [0.1, 0.15) is 5.75 Å². The van der Waals surface area contributed by atoms with Crippen LogP contribution >= 0.6 is 11.6 Å². The minimum Gasteiger partial charge on any atom is -0.479 e. The van der Waals surface area contributed by atoms with Crippen molar-refractivity contribution in [2.24, 2.45) is 0 Å². The summed E-state index contributed by atoms with van der Waals surface area (Å²) in [5, 5.41) is 9.55. The smallest absolute Gasteiger partial charge is 0.262 e. The van der Waals surface area contributed by atoms with E-state index in [1.54, 1.807) is 39.2 Å². The molecule has 1 amide bonds. The van der Waals surface area contributed by atoms with Gasteiger partial charge in [-0.2, -0.15) is 0 Å². The Kier molecular flexibility index (Phi) is 4.78. The first-order chi connectivity index (χ1) is 7.97. The molecule has 0 fully saturated rings. The number of halogens is 1. The molecule has 94 valence electrons. The average Bonchev–Trinajstić information content (AvgIpc) is 2.30. The van der Waals surface area contributed by atoms with E-state index in [-0.39, 0.29) is 12.5 Å². The zero-order valence-electron chi connectivity index (χ0n) is 10.1. The highest BCUT2D eigenvalue weighted by Crippen LogP contribution is 2.29. The second-order valence-electron chi connectivity index (χ2n) is 3.88. The van der Waals surface area contributed by atoms with E-state index < -0.39 is 6.10 Å². The van der Waals surface area contributed by atoms with E-state index in [0.717, 1.165) is 0 Å². The Balaban J connectivity index is 2.91. The van der Waals surface area contributed by atoms with Crippen LogP contribution in [0.1, 0.15) is 12.5 Å². The zero-order valence-corrected chi connectivity index (χ0v) is 10.9. The highest BCUT2D eigenvalue weighted by Gasteiger charge is 2.19. The lowest BCUT2D eigenvalue weighted by Gasteiger charge is -2.20. The van der Waals surface area contributed by atoms with E-state index in [2.05, 4.69) is 0 Å². The number of rotatable bonds is 4. The number of nitrogens with zero attached hydrogens (tertiary/aromatic N) is 1. The van der Waals surface area contributed by atoms with Gasteiger partial charge >= 0.3 is 0 Å². The minimum atomic E-state index is -0.643. The van der Waals surface area contributed by atoms with Crippen molar-refractivity contribution < 1.29 is 14.6 Å². The van der Waals surface area contributed by atoms with E-state index in [0.29, 0.717) is 16.3 Å². The monoisotopic (exact) mass is 257 g/mol. The molecule has 0 saturated heterocycles. The first-order valence-corrected chi connectivity index (χ1v) is 5.61. The van der Waals surface area contributed by atoms with Gasteiger partial charge in [-0.3, -0.25) is 4.79 Å². The van der Waals surface area contributed by atoms with Crippen molar-refractivity contribution in [3.8, 4) is 5.75 Å². The molecule has 5 heteroatoms. The van der Waals surface area contributed by atoms with Crippen molar-refractivity contribution in [3.63, 3.8) is 0 Å². The molecule has 0 aliphatic rings. The molecule has 4 nitrogen and oxygen atoms in total. The van der Waals surface area contributed by atoms with Crippen molar-refractivity contribution in [3.05, 3.63) is 28.8 Å². The van der Waals surface area contributed by atoms with Gasteiger partial charge in [0.05, 0.1) is 11.6 Å². The lowest BCUT2D eigenvalue weighted by molar-refractivity contribution is -0.135. The van der Waals surface area contributed by atoms with Gasteiger partial charge in [-0.05, 0) is 13.0 Å². The molecule has 1 aromatic carbocycles. The largest absolute Gasteiger partial charge is 0.479 e. The lowest BCUT2D eigenvalue weighted by Crippen LogP contribution is -2.35. The maximum Gasteiger partial charge on any atom is 0.262 e. The van der Waals surface area contributed by atoms with Crippen LogP contribution in [0.15, 0.2) is 18.2 Å². The molecular formula is C12H16ClNO3. The maximum absolute atomic E-state index is 11.7. The van der Waals surface area contributed by atoms with E-state index in [9.17, 15) is 4.79 Å². The summed E-state index contributed by atoms with van der Waals surface area (Å²) >= 11 is 5.98. The van der Waals surface area contributed by atoms with Crippen LogP contribution in [0.2, 0.25) is 5.02 Å². The molecule has 1 rings (SSSR count). The van der Waals surface area contributed by atoms with Gasteiger partial charge in [0.15, 0.2) is 6.10 Å². The Morgan fingerprint density at radius 2 is 2.18 bits per heavy atom. The van der Waals surface area contributed by atoms with E-state index >= 15 is 0 Å². The van der Waals surface area contributed by atoms with Gasteiger partial charge in [-0.1, -0.05) is 23.7 Å². The van der Waals surface area contributed by atoms with Crippen LogP contribution in [0.3, 0.4) is 0 Å². The van der Waals surface area contributed by atoms with Gasteiger partial charge in [-0.25, -0.2) is 0 Å². The Morgan fingerprint density at radius 3 is 2.71 bits per heavy atom. The third kappa shape index (κ3) is 3.35. The van der Waals surface area contributed by atoms with Crippen LogP contribution in [0.25, 0.3) is 0 Å². The molecular weight excluding hydrogens is 242 g/mol. The molecule has 0 bridgehead atoms. The summed E-state index contributed by atoms with van der Waals surface area (Å²) in [6.45, 7) is 1.46. The normalized spacial score (nSPS) is 12.1. The van der Waals surface area contributed by atoms with Crippen molar-refractivity contribution in [2.75, 3.05) is 14.1 Å². The second-order valence-corrected chi connectivity index (χ2v) is 4.29. The van der Waals surface area contributed by atoms with Crippen LogP contribution in [0, 0.1) is 0 Å². The van der Waals surface area contributed by atoms with Crippen molar-refractivity contribution in [1.82, 2.24) is 4.90 Å². The molecule has 1 unspecified atom stereocenters. The fourth-order valence-corrected chi connectivity index (χ4v) is 1.64. The van der Waals surface area contributed by atoms with Crippen LogP contribution in [-0.2, 0) is 11.4 Å². The third-order valence-electron chi connectivity index (χ3n) is 2.30. The molecule has 0 aliphatic carbocycles. The summed E-state index contributed by atoms with van der Waals surface area (Å²) in [6.07, 6.45) is -0.643.